The molecular formula is C23H17F3N6O. The summed E-state index contributed by atoms with van der Waals surface area (Å²) in [5, 5.41) is 8.39. The molecule has 0 fully saturated rings. The number of nitrogens with zero attached hydrogens (tertiary/aromatic N) is 4. The lowest BCUT2D eigenvalue weighted by atomic mass is 10.0. The molecule has 2 N–H and O–H groups in total. The third-order valence-electron chi connectivity index (χ3n) is 5.23. The van der Waals surface area contributed by atoms with Gasteiger partial charge in [0.15, 0.2) is 17.0 Å². The van der Waals surface area contributed by atoms with Crippen LogP contribution in [0.1, 0.15) is 21.9 Å². The summed E-state index contributed by atoms with van der Waals surface area (Å²) in [4.78, 5) is 23.6. The van der Waals surface area contributed by atoms with E-state index in [4.69, 9.17) is 0 Å². The maximum atomic E-state index is 13.8. The lowest BCUT2D eigenvalue weighted by Gasteiger charge is -2.11. The maximum Gasteiger partial charge on any atom is 0.433 e. The van der Waals surface area contributed by atoms with Crippen LogP contribution in [0.5, 0.6) is 0 Å². The van der Waals surface area contributed by atoms with Gasteiger partial charge in [0.2, 0.25) is 0 Å². The molecule has 3 heterocycles. The Morgan fingerprint density at radius 1 is 1.06 bits per heavy atom. The van der Waals surface area contributed by atoms with Crippen molar-refractivity contribution in [3.63, 3.8) is 0 Å². The first-order chi connectivity index (χ1) is 15.9. The van der Waals surface area contributed by atoms with E-state index in [0.29, 0.717) is 16.5 Å². The van der Waals surface area contributed by atoms with Crippen molar-refractivity contribution >= 4 is 22.3 Å². The molecule has 3 aromatic heterocycles. The molecule has 2 aromatic carbocycles. The van der Waals surface area contributed by atoms with Crippen molar-refractivity contribution in [2.75, 3.05) is 6.54 Å². The van der Waals surface area contributed by atoms with Crippen LogP contribution in [0.15, 0.2) is 67.1 Å². The molecule has 5 rings (SSSR count). The Kier molecular flexibility index (Phi) is 5.04. The third-order valence-corrected chi connectivity index (χ3v) is 5.23. The normalized spacial score (nSPS) is 11.8. The van der Waals surface area contributed by atoms with Crippen LogP contribution >= 0.6 is 0 Å². The quantitative estimate of drug-likeness (QED) is 0.419. The zero-order valence-corrected chi connectivity index (χ0v) is 17.1. The van der Waals surface area contributed by atoms with Crippen LogP contribution in [0.2, 0.25) is 0 Å². The Morgan fingerprint density at radius 2 is 1.88 bits per heavy atom. The van der Waals surface area contributed by atoms with Crippen molar-refractivity contribution in [3.05, 3.63) is 84.2 Å². The fraction of sp³-hybridized carbons (Fsp3) is 0.130. The van der Waals surface area contributed by atoms with Gasteiger partial charge in [-0.05, 0) is 22.9 Å². The topological polar surface area (TPSA) is 88.0 Å². The number of alkyl halides is 3. The van der Waals surface area contributed by atoms with E-state index < -0.39 is 17.8 Å². The molecule has 1 amide bonds. The summed E-state index contributed by atoms with van der Waals surface area (Å²) < 4.78 is 42.2. The van der Waals surface area contributed by atoms with Crippen LogP contribution in [0.25, 0.3) is 27.7 Å². The van der Waals surface area contributed by atoms with Crippen molar-refractivity contribution in [2.45, 2.75) is 12.6 Å². The number of H-pyrrole nitrogens is 1. The first-order valence-electron chi connectivity index (χ1n) is 10.1. The molecule has 7 nitrogen and oxygen atoms in total. The minimum Gasteiger partial charge on any atom is -0.350 e. The molecule has 0 radical (unpaired) electrons. The van der Waals surface area contributed by atoms with Gasteiger partial charge in [-0.2, -0.15) is 18.3 Å². The number of hydrogen-bond donors (Lipinski definition) is 2. The van der Waals surface area contributed by atoms with Gasteiger partial charge in [0.05, 0.1) is 12.0 Å². The van der Waals surface area contributed by atoms with Gasteiger partial charge >= 0.3 is 6.18 Å². The molecule has 0 saturated heterocycles. The standard InChI is InChI=1S/C23H17F3N6O/c24-23(25,26)20-10-18(16-6-5-14-3-1-2-4-15(14)9-16)30-21-11-19(31-32(20)21)22(33)28-8-7-17-12-27-13-29-17/h1-6,9-13H,7-8H2,(H,27,29)(H,28,33). The van der Waals surface area contributed by atoms with Crippen LogP contribution in [0, 0.1) is 0 Å². The number of rotatable bonds is 5. The lowest BCUT2D eigenvalue weighted by molar-refractivity contribution is -0.142. The summed E-state index contributed by atoms with van der Waals surface area (Å²) in [5.74, 6) is -0.583. The first kappa shape index (κ1) is 20.7. The minimum atomic E-state index is -4.69. The molecular weight excluding hydrogens is 433 g/mol. The number of amides is 1. The maximum absolute atomic E-state index is 13.8. The fourth-order valence-electron chi connectivity index (χ4n) is 3.61. The Bertz CT molecular complexity index is 1460. The summed E-state index contributed by atoms with van der Waals surface area (Å²) in [5.41, 5.74) is 0.290. The van der Waals surface area contributed by atoms with Crippen molar-refractivity contribution < 1.29 is 18.0 Å². The van der Waals surface area contributed by atoms with Crippen molar-refractivity contribution in [1.29, 1.82) is 0 Å². The largest absolute Gasteiger partial charge is 0.433 e. The van der Waals surface area contributed by atoms with E-state index in [-0.39, 0.29) is 23.6 Å². The molecule has 166 valence electrons. The van der Waals surface area contributed by atoms with Crippen molar-refractivity contribution in [2.24, 2.45) is 0 Å². The number of nitrogens with one attached hydrogen (secondary N) is 2. The summed E-state index contributed by atoms with van der Waals surface area (Å²) >= 11 is 0. The van der Waals surface area contributed by atoms with Crippen LogP contribution < -0.4 is 5.32 Å². The molecule has 0 saturated carbocycles. The van der Waals surface area contributed by atoms with E-state index in [0.717, 1.165) is 22.5 Å². The van der Waals surface area contributed by atoms with E-state index in [9.17, 15) is 18.0 Å². The number of benzene rings is 2. The summed E-state index contributed by atoms with van der Waals surface area (Å²) in [6, 6.07) is 15.1. The van der Waals surface area contributed by atoms with Gasteiger partial charge in [-0.3, -0.25) is 4.79 Å². The number of hydrogen-bond acceptors (Lipinski definition) is 4. The smallest absolute Gasteiger partial charge is 0.350 e. The van der Waals surface area contributed by atoms with Crippen molar-refractivity contribution in [1.82, 2.24) is 29.9 Å². The number of halogens is 3. The van der Waals surface area contributed by atoms with Gasteiger partial charge in [0.25, 0.3) is 5.91 Å². The Hall–Kier alpha value is -4.21. The number of carbonyl (C=O) groups is 1. The van der Waals surface area contributed by atoms with Gasteiger partial charge in [-0.1, -0.05) is 36.4 Å². The predicted molar refractivity (Wildman–Crippen MR) is 116 cm³/mol. The zero-order chi connectivity index (χ0) is 23.0. The van der Waals surface area contributed by atoms with E-state index in [1.807, 2.05) is 30.3 Å². The van der Waals surface area contributed by atoms with Crippen LogP contribution in [0.4, 0.5) is 13.2 Å². The number of aromatic amines is 1. The summed E-state index contributed by atoms with van der Waals surface area (Å²) in [6.07, 6.45) is -1.04. The molecule has 33 heavy (non-hydrogen) atoms. The molecule has 10 heteroatoms. The van der Waals surface area contributed by atoms with E-state index in [1.165, 1.54) is 12.4 Å². The Balaban J connectivity index is 1.50. The number of fused-ring (bicyclic) bond motifs is 2. The Labute approximate surface area is 185 Å². The highest BCUT2D eigenvalue weighted by Crippen LogP contribution is 2.33. The predicted octanol–water partition coefficient (Wildman–Crippen LogP) is 4.26. The highest BCUT2D eigenvalue weighted by atomic mass is 19.4. The zero-order valence-electron chi connectivity index (χ0n) is 17.1. The van der Waals surface area contributed by atoms with Crippen LogP contribution in [-0.4, -0.2) is 37.0 Å². The average molecular weight is 450 g/mol. The van der Waals surface area contributed by atoms with Crippen molar-refractivity contribution in [3.8, 4) is 11.3 Å². The lowest BCUT2D eigenvalue weighted by Crippen LogP contribution is -2.26. The molecule has 0 atom stereocenters. The minimum absolute atomic E-state index is 0.0632. The van der Waals surface area contributed by atoms with Crippen LogP contribution in [0.3, 0.4) is 0 Å². The highest BCUT2D eigenvalue weighted by molar-refractivity contribution is 5.93. The van der Waals surface area contributed by atoms with Crippen LogP contribution in [-0.2, 0) is 12.6 Å². The molecule has 0 spiro atoms. The van der Waals surface area contributed by atoms with E-state index in [1.54, 1.807) is 18.3 Å². The van der Waals surface area contributed by atoms with E-state index in [2.05, 4.69) is 25.4 Å². The molecule has 0 aliphatic rings. The second-order valence-corrected chi connectivity index (χ2v) is 7.47. The number of imidazole rings is 1. The monoisotopic (exact) mass is 450 g/mol. The first-order valence-corrected chi connectivity index (χ1v) is 10.1. The molecule has 5 aromatic rings. The van der Waals surface area contributed by atoms with Gasteiger partial charge in [-0.15, -0.1) is 0 Å². The van der Waals surface area contributed by atoms with E-state index >= 15 is 0 Å². The average Bonchev–Trinajstić information content (AvgIpc) is 3.47. The molecule has 0 aliphatic heterocycles. The number of carbonyl (C=O) groups excluding carboxylic acids is 1. The SMILES string of the molecule is O=C(NCCc1cnc[nH]1)c1cc2nc(-c3ccc4ccccc4c3)cc(C(F)(F)F)n2n1. The fourth-order valence-corrected chi connectivity index (χ4v) is 3.61. The molecule has 0 unspecified atom stereocenters. The second-order valence-electron chi connectivity index (χ2n) is 7.47. The second kappa shape index (κ2) is 8.05. The van der Waals surface area contributed by atoms with Gasteiger partial charge in [-0.25, -0.2) is 14.5 Å². The summed E-state index contributed by atoms with van der Waals surface area (Å²) in [6.45, 7) is 0.275. The molecule has 0 aliphatic carbocycles. The molecule has 0 bridgehead atoms. The third kappa shape index (κ3) is 4.14. The number of aromatic nitrogens is 5. The Morgan fingerprint density at radius 3 is 2.64 bits per heavy atom. The van der Waals surface area contributed by atoms with Gasteiger partial charge in [0, 0.05) is 36.5 Å². The van der Waals surface area contributed by atoms with Gasteiger partial charge in [0.1, 0.15) is 0 Å². The highest BCUT2D eigenvalue weighted by Gasteiger charge is 2.35. The van der Waals surface area contributed by atoms with Gasteiger partial charge < -0.3 is 10.3 Å². The summed E-state index contributed by atoms with van der Waals surface area (Å²) in [7, 11) is 0.